The number of fused-ring (bicyclic) bond motifs is 5. The Bertz CT molecular complexity index is 570. The zero-order valence-corrected chi connectivity index (χ0v) is 13.4. The van der Waals surface area contributed by atoms with Crippen molar-refractivity contribution >= 4 is 0 Å². The number of phenols is 1. The van der Waals surface area contributed by atoms with E-state index in [1.807, 2.05) is 19.2 Å². The van der Waals surface area contributed by atoms with Gasteiger partial charge in [-0.2, -0.15) is 0 Å². The molecule has 0 radical (unpaired) electrons. The Morgan fingerprint density at radius 3 is 2.77 bits per heavy atom. The van der Waals surface area contributed by atoms with Crippen LogP contribution in [0.3, 0.4) is 0 Å². The summed E-state index contributed by atoms with van der Waals surface area (Å²) in [7, 11) is 1.81. The van der Waals surface area contributed by atoms with Crippen molar-refractivity contribution in [3.63, 3.8) is 0 Å². The molecule has 0 spiro atoms. The lowest BCUT2D eigenvalue weighted by Crippen LogP contribution is -2.47. The molecule has 120 valence electrons. The van der Waals surface area contributed by atoms with E-state index >= 15 is 0 Å². The van der Waals surface area contributed by atoms with Crippen molar-refractivity contribution in [1.29, 1.82) is 0 Å². The van der Waals surface area contributed by atoms with Crippen LogP contribution in [0.4, 0.5) is 0 Å². The molecule has 3 aliphatic carbocycles. The van der Waals surface area contributed by atoms with E-state index in [0.717, 1.165) is 25.7 Å². The Morgan fingerprint density at radius 1 is 1.18 bits per heavy atom. The van der Waals surface area contributed by atoms with E-state index in [4.69, 9.17) is 4.74 Å². The van der Waals surface area contributed by atoms with E-state index in [2.05, 4.69) is 13.0 Å². The lowest BCUT2D eigenvalue weighted by Gasteiger charge is -2.51. The molecule has 0 bridgehead atoms. The summed E-state index contributed by atoms with van der Waals surface area (Å²) in [5, 5.41) is 20.2. The number of phenolic OH excluding ortho intramolecular Hbond substituents is 1. The van der Waals surface area contributed by atoms with Crippen LogP contribution in [0.5, 0.6) is 5.75 Å². The first-order valence-electron chi connectivity index (χ1n) is 8.62. The summed E-state index contributed by atoms with van der Waals surface area (Å²) < 4.78 is 5.88. The summed E-state index contributed by atoms with van der Waals surface area (Å²) in [6, 6.07) is 5.85. The molecule has 2 saturated carbocycles. The minimum atomic E-state index is -0.142. The number of methoxy groups -OCH3 is 1. The molecule has 0 aromatic heterocycles. The molecule has 3 aliphatic rings. The molecule has 0 amide bonds. The smallest absolute Gasteiger partial charge is 0.115 e. The van der Waals surface area contributed by atoms with Crippen molar-refractivity contribution < 1.29 is 14.9 Å². The predicted molar refractivity (Wildman–Crippen MR) is 84.8 cm³/mol. The lowest BCUT2D eigenvalue weighted by molar-refractivity contribution is -0.0566. The average molecular weight is 302 g/mol. The molecule has 1 aromatic rings. The van der Waals surface area contributed by atoms with Crippen LogP contribution in [-0.2, 0) is 11.2 Å². The monoisotopic (exact) mass is 302 g/mol. The zero-order chi connectivity index (χ0) is 15.4. The summed E-state index contributed by atoms with van der Waals surface area (Å²) in [5.41, 5.74) is 2.65. The maximum absolute atomic E-state index is 10.4. The second-order valence-electron chi connectivity index (χ2n) is 7.65. The second-order valence-corrected chi connectivity index (χ2v) is 7.65. The Labute approximate surface area is 132 Å². The minimum Gasteiger partial charge on any atom is -0.508 e. The number of aliphatic hydroxyl groups excluding tert-OH is 1. The third-order valence-corrected chi connectivity index (χ3v) is 6.64. The van der Waals surface area contributed by atoms with Crippen LogP contribution in [0.2, 0.25) is 0 Å². The first-order chi connectivity index (χ1) is 10.6. The largest absolute Gasteiger partial charge is 0.508 e. The van der Waals surface area contributed by atoms with Gasteiger partial charge in [-0.3, -0.25) is 0 Å². The first kappa shape index (κ1) is 14.5. The zero-order valence-electron chi connectivity index (χ0n) is 13.4. The van der Waals surface area contributed by atoms with Gasteiger partial charge in [0.2, 0.25) is 0 Å². The Hall–Kier alpha value is -1.06. The van der Waals surface area contributed by atoms with Gasteiger partial charge in [0.1, 0.15) is 5.75 Å². The maximum atomic E-state index is 10.4. The molecular weight excluding hydrogens is 276 g/mol. The SMILES string of the molecule is CO[C@H]1C[C@H]2[C@@H](CC[C@@H]2O)[C@H]2[C@H]1c1ccc(O)cc1C[C@H]2C. The Kier molecular flexibility index (Phi) is 3.46. The predicted octanol–water partition coefficient (Wildman–Crippen LogP) is 3.09. The highest BCUT2D eigenvalue weighted by Crippen LogP contribution is 2.57. The third-order valence-electron chi connectivity index (χ3n) is 6.64. The van der Waals surface area contributed by atoms with Gasteiger partial charge in [-0.1, -0.05) is 13.0 Å². The number of ether oxygens (including phenoxy) is 1. The van der Waals surface area contributed by atoms with Gasteiger partial charge >= 0.3 is 0 Å². The van der Waals surface area contributed by atoms with Crippen LogP contribution in [0, 0.1) is 23.7 Å². The van der Waals surface area contributed by atoms with Crippen molar-refractivity contribution in [1.82, 2.24) is 0 Å². The highest BCUT2D eigenvalue weighted by Gasteiger charge is 2.53. The highest BCUT2D eigenvalue weighted by molar-refractivity contribution is 5.41. The van der Waals surface area contributed by atoms with Crippen LogP contribution in [0.25, 0.3) is 0 Å². The first-order valence-corrected chi connectivity index (χ1v) is 8.62. The van der Waals surface area contributed by atoms with Gasteiger partial charge in [0.15, 0.2) is 0 Å². The number of hydrogen-bond donors (Lipinski definition) is 2. The summed E-state index contributed by atoms with van der Waals surface area (Å²) in [4.78, 5) is 0. The maximum Gasteiger partial charge on any atom is 0.115 e. The second kappa shape index (κ2) is 5.24. The van der Waals surface area contributed by atoms with Gasteiger partial charge in [-0.15, -0.1) is 0 Å². The summed E-state index contributed by atoms with van der Waals surface area (Å²) in [6.07, 6.45) is 4.14. The quantitative estimate of drug-likeness (QED) is 0.838. The average Bonchev–Trinajstić information content (AvgIpc) is 2.87. The van der Waals surface area contributed by atoms with Gasteiger partial charge < -0.3 is 14.9 Å². The number of aromatic hydroxyl groups is 1. The van der Waals surface area contributed by atoms with E-state index < -0.39 is 0 Å². The van der Waals surface area contributed by atoms with E-state index in [1.165, 1.54) is 11.1 Å². The van der Waals surface area contributed by atoms with Crippen molar-refractivity contribution in [3.8, 4) is 5.75 Å². The minimum absolute atomic E-state index is 0.142. The molecule has 4 rings (SSSR count). The van der Waals surface area contributed by atoms with Gasteiger partial charge in [0.05, 0.1) is 12.2 Å². The van der Waals surface area contributed by atoms with Crippen LogP contribution >= 0.6 is 0 Å². The summed E-state index contributed by atoms with van der Waals surface area (Å²) in [6.45, 7) is 2.34. The summed E-state index contributed by atoms with van der Waals surface area (Å²) in [5.74, 6) is 2.99. The highest BCUT2D eigenvalue weighted by atomic mass is 16.5. The molecule has 2 fully saturated rings. The van der Waals surface area contributed by atoms with Gasteiger partial charge in [-0.05, 0) is 72.6 Å². The fraction of sp³-hybridized carbons (Fsp3) is 0.684. The van der Waals surface area contributed by atoms with E-state index in [-0.39, 0.29) is 12.2 Å². The topological polar surface area (TPSA) is 49.7 Å². The number of rotatable bonds is 1. The molecule has 0 saturated heterocycles. The van der Waals surface area contributed by atoms with Crippen molar-refractivity contribution in [3.05, 3.63) is 29.3 Å². The molecule has 7 atom stereocenters. The number of hydrogen-bond acceptors (Lipinski definition) is 3. The van der Waals surface area contributed by atoms with Crippen molar-refractivity contribution in [2.75, 3.05) is 7.11 Å². The van der Waals surface area contributed by atoms with Crippen LogP contribution < -0.4 is 0 Å². The van der Waals surface area contributed by atoms with E-state index in [1.54, 1.807) is 0 Å². The molecule has 0 heterocycles. The van der Waals surface area contributed by atoms with Crippen LogP contribution in [0.1, 0.15) is 43.2 Å². The van der Waals surface area contributed by atoms with Crippen LogP contribution in [0.15, 0.2) is 18.2 Å². The van der Waals surface area contributed by atoms with Gasteiger partial charge in [0, 0.05) is 13.0 Å². The van der Waals surface area contributed by atoms with E-state index in [0.29, 0.717) is 35.3 Å². The molecule has 0 aliphatic heterocycles. The molecule has 2 N–H and O–H groups in total. The number of benzene rings is 1. The normalized spacial score (nSPS) is 43.3. The fourth-order valence-electron chi connectivity index (χ4n) is 5.82. The fourth-order valence-corrected chi connectivity index (χ4v) is 5.82. The van der Waals surface area contributed by atoms with Crippen molar-refractivity contribution in [2.45, 2.75) is 50.7 Å². The molecule has 22 heavy (non-hydrogen) atoms. The molecule has 1 aromatic carbocycles. The molecule has 0 unspecified atom stereocenters. The molecule has 3 heteroatoms. The Morgan fingerprint density at radius 2 is 2.00 bits per heavy atom. The molecule has 3 nitrogen and oxygen atoms in total. The Balaban J connectivity index is 1.79. The number of aliphatic hydroxyl groups is 1. The third kappa shape index (κ3) is 2.02. The van der Waals surface area contributed by atoms with Gasteiger partial charge in [-0.25, -0.2) is 0 Å². The summed E-state index contributed by atoms with van der Waals surface area (Å²) >= 11 is 0. The standard InChI is InChI=1S/C19H26O3/c1-10-7-11-8-12(20)3-4-13(11)19-17(22-2)9-15-14(18(10)19)5-6-16(15)21/h3-4,8,10,14-21H,5-7,9H2,1-2H3/t10-,14-,15+,16+,17+,18+,19+/m1/s1. The van der Waals surface area contributed by atoms with Crippen LogP contribution in [-0.4, -0.2) is 29.5 Å². The molecular formula is C19H26O3. The van der Waals surface area contributed by atoms with Crippen molar-refractivity contribution in [2.24, 2.45) is 23.7 Å². The van der Waals surface area contributed by atoms with E-state index in [9.17, 15) is 10.2 Å². The van der Waals surface area contributed by atoms with Gasteiger partial charge in [0.25, 0.3) is 0 Å². The lowest BCUT2D eigenvalue weighted by atomic mass is 9.56.